The largest absolute Gasteiger partial charge is 0.336 e. The fraction of sp³-hybridized carbons (Fsp3) is 0.286. The first-order valence-electron chi connectivity index (χ1n) is 8.51. The van der Waals surface area contributed by atoms with Crippen LogP contribution in [0.1, 0.15) is 27.2 Å². The van der Waals surface area contributed by atoms with Crippen molar-refractivity contribution < 1.29 is 4.79 Å². The molecule has 0 spiro atoms. The van der Waals surface area contributed by atoms with Crippen molar-refractivity contribution in [2.24, 2.45) is 0 Å². The molecule has 0 fully saturated rings. The molecule has 1 aliphatic rings. The van der Waals surface area contributed by atoms with Crippen molar-refractivity contribution in [3.05, 3.63) is 70.9 Å². The summed E-state index contributed by atoms with van der Waals surface area (Å²) in [5, 5.41) is 1.30. The molecule has 0 radical (unpaired) electrons. The number of aryl methyl sites for hydroxylation is 1. The summed E-state index contributed by atoms with van der Waals surface area (Å²) in [6.45, 7) is 4.55. The van der Waals surface area contributed by atoms with Crippen LogP contribution in [0.3, 0.4) is 0 Å². The van der Waals surface area contributed by atoms with Gasteiger partial charge in [0.15, 0.2) is 5.78 Å². The first-order valence-corrected chi connectivity index (χ1v) is 8.51. The molecule has 1 aromatic heterocycles. The van der Waals surface area contributed by atoms with E-state index < -0.39 is 0 Å². The third-order valence-corrected chi connectivity index (χ3v) is 5.00. The summed E-state index contributed by atoms with van der Waals surface area (Å²) in [7, 11) is 2.16. The molecule has 0 aliphatic carbocycles. The molecule has 0 saturated heterocycles. The molecular formula is C21H22N2O. The molecule has 0 bridgehead atoms. The Hall–Kier alpha value is -2.39. The van der Waals surface area contributed by atoms with E-state index in [2.05, 4.69) is 41.6 Å². The SMILES string of the molecule is Cc1ccc2c(c1)c1c(n2CC(=O)c2ccccc2)CCN(C)C1. The quantitative estimate of drug-likeness (QED) is 0.686. The number of hydrogen-bond acceptors (Lipinski definition) is 2. The van der Waals surface area contributed by atoms with E-state index in [-0.39, 0.29) is 5.78 Å². The van der Waals surface area contributed by atoms with E-state index in [1.54, 1.807) is 0 Å². The second-order valence-electron chi connectivity index (χ2n) is 6.81. The normalized spacial score (nSPS) is 14.8. The van der Waals surface area contributed by atoms with E-state index in [1.165, 1.54) is 27.7 Å². The van der Waals surface area contributed by atoms with E-state index in [1.807, 2.05) is 30.3 Å². The fourth-order valence-electron chi connectivity index (χ4n) is 3.74. The first-order chi connectivity index (χ1) is 11.6. The highest BCUT2D eigenvalue weighted by molar-refractivity contribution is 5.97. The molecule has 4 rings (SSSR count). The Morgan fingerprint density at radius 1 is 1.12 bits per heavy atom. The Morgan fingerprint density at radius 2 is 1.92 bits per heavy atom. The van der Waals surface area contributed by atoms with Crippen LogP contribution in [-0.4, -0.2) is 28.8 Å². The predicted molar refractivity (Wildman–Crippen MR) is 97.5 cm³/mol. The second kappa shape index (κ2) is 5.91. The van der Waals surface area contributed by atoms with Gasteiger partial charge in [0.1, 0.15) is 0 Å². The Bertz CT molecular complexity index is 908. The van der Waals surface area contributed by atoms with E-state index in [4.69, 9.17) is 0 Å². The van der Waals surface area contributed by atoms with Gasteiger partial charge in [0.05, 0.1) is 6.54 Å². The average molecular weight is 318 g/mol. The number of nitrogens with zero attached hydrogens (tertiary/aromatic N) is 2. The van der Waals surface area contributed by atoms with Gasteiger partial charge in [-0.1, -0.05) is 42.0 Å². The van der Waals surface area contributed by atoms with Crippen molar-refractivity contribution in [2.45, 2.75) is 26.4 Å². The van der Waals surface area contributed by atoms with Crippen molar-refractivity contribution in [3.8, 4) is 0 Å². The van der Waals surface area contributed by atoms with Crippen LogP contribution in [0, 0.1) is 6.92 Å². The smallest absolute Gasteiger partial charge is 0.182 e. The van der Waals surface area contributed by atoms with E-state index in [9.17, 15) is 4.79 Å². The lowest BCUT2D eigenvalue weighted by Crippen LogP contribution is -2.28. The molecule has 0 atom stereocenters. The number of hydrogen-bond donors (Lipinski definition) is 0. The number of Topliss-reactive ketones (excluding diaryl/α,β-unsaturated/α-hetero) is 1. The molecule has 24 heavy (non-hydrogen) atoms. The summed E-state index contributed by atoms with van der Waals surface area (Å²) in [4.78, 5) is 15.1. The lowest BCUT2D eigenvalue weighted by atomic mass is 10.0. The van der Waals surface area contributed by atoms with Gasteiger partial charge >= 0.3 is 0 Å². The number of benzene rings is 2. The number of likely N-dealkylation sites (N-methyl/N-ethyl adjacent to an activating group) is 1. The van der Waals surface area contributed by atoms with Gasteiger partial charge < -0.3 is 9.47 Å². The number of rotatable bonds is 3. The monoisotopic (exact) mass is 318 g/mol. The standard InChI is InChI=1S/C21H22N2O/c1-15-8-9-19-17(12-15)18-13-22(2)11-10-20(18)23(19)14-21(24)16-6-4-3-5-7-16/h3-9,12H,10-11,13-14H2,1-2H3. The van der Waals surface area contributed by atoms with Gasteiger partial charge in [-0.3, -0.25) is 4.79 Å². The fourth-order valence-corrected chi connectivity index (χ4v) is 3.74. The summed E-state index contributed by atoms with van der Waals surface area (Å²) < 4.78 is 2.24. The second-order valence-corrected chi connectivity index (χ2v) is 6.81. The van der Waals surface area contributed by atoms with Crippen LogP contribution >= 0.6 is 0 Å². The number of fused-ring (bicyclic) bond motifs is 3. The van der Waals surface area contributed by atoms with Gasteiger partial charge in [-0.25, -0.2) is 0 Å². The molecule has 122 valence electrons. The molecule has 3 heteroatoms. The molecule has 1 aliphatic heterocycles. The molecule has 3 nitrogen and oxygen atoms in total. The van der Waals surface area contributed by atoms with Crippen molar-refractivity contribution in [1.82, 2.24) is 9.47 Å². The molecule has 0 amide bonds. The zero-order valence-electron chi connectivity index (χ0n) is 14.2. The van der Waals surface area contributed by atoms with Crippen LogP contribution in [0.15, 0.2) is 48.5 Å². The van der Waals surface area contributed by atoms with Crippen molar-refractivity contribution in [1.29, 1.82) is 0 Å². The average Bonchev–Trinajstić information content (AvgIpc) is 2.88. The molecule has 0 saturated carbocycles. The summed E-state index contributed by atoms with van der Waals surface area (Å²) >= 11 is 0. The van der Waals surface area contributed by atoms with E-state index in [0.717, 1.165) is 25.1 Å². The van der Waals surface area contributed by atoms with E-state index in [0.29, 0.717) is 6.54 Å². The Balaban J connectivity index is 1.82. The number of ketones is 1. The Labute approximate surface area is 142 Å². The van der Waals surface area contributed by atoms with Crippen LogP contribution in [0.5, 0.6) is 0 Å². The van der Waals surface area contributed by atoms with Crippen LogP contribution in [0.4, 0.5) is 0 Å². The van der Waals surface area contributed by atoms with Gasteiger partial charge in [-0.05, 0) is 31.7 Å². The Morgan fingerprint density at radius 3 is 2.71 bits per heavy atom. The van der Waals surface area contributed by atoms with Gasteiger partial charge in [0.25, 0.3) is 0 Å². The highest BCUT2D eigenvalue weighted by atomic mass is 16.1. The minimum Gasteiger partial charge on any atom is -0.336 e. The topological polar surface area (TPSA) is 25.2 Å². The zero-order chi connectivity index (χ0) is 16.7. The molecule has 2 heterocycles. The maximum absolute atomic E-state index is 12.7. The van der Waals surface area contributed by atoms with Crippen LogP contribution in [0.25, 0.3) is 10.9 Å². The predicted octanol–water partition coefficient (Wildman–Crippen LogP) is 3.82. The van der Waals surface area contributed by atoms with Gasteiger partial charge in [0.2, 0.25) is 0 Å². The van der Waals surface area contributed by atoms with Gasteiger partial charge in [-0.2, -0.15) is 0 Å². The van der Waals surface area contributed by atoms with Crippen LogP contribution in [0.2, 0.25) is 0 Å². The zero-order valence-corrected chi connectivity index (χ0v) is 14.2. The van der Waals surface area contributed by atoms with Crippen molar-refractivity contribution >= 4 is 16.7 Å². The summed E-state index contributed by atoms with van der Waals surface area (Å²) in [6, 6.07) is 16.2. The van der Waals surface area contributed by atoms with Gasteiger partial charge in [0, 0.05) is 41.7 Å². The Kier molecular flexibility index (Phi) is 3.73. The number of carbonyl (C=O) groups excluding carboxylic acids is 1. The maximum Gasteiger partial charge on any atom is 0.182 e. The minimum absolute atomic E-state index is 0.176. The molecule has 2 aromatic carbocycles. The lowest BCUT2D eigenvalue weighted by molar-refractivity contribution is 0.0972. The molecule has 3 aromatic rings. The highest BCUT2D eigenvalue weighted by Gasteiger charge is 2.23. The summed E-state index contributed by atoms with van der Waals surface area (Å²) in [6.07, 6.45) is 1.00. The molecule has 0 unspecified atom stereocenters. The molecule has 0 N–H and O–H groups in total. The number of aromatic nitrogens is 1. The third-order valence-electron chi connectivity index (χ3n) is 5.00. The molecular weight excluding hydrogens is 296 g/mol. The van der Waals surface area contributed by atoms with Crippen LogP contribution < -0.4 is 0 Å². The van der Waals surface area contributed by atoms with Gasteiger partial charge in [-0.15, -0.1) is 0 Å². The first kappa shape index (κ1) is 15.2. The lowest BCUT2D eigenvalue weighted by Gasteiger charge is -2.24. The number of carbonyl (C=O) groups is 1. The van der Waals surface area contributed by atoms with Crippen molar-refractivity contribution in [3.63, 3.8) is 0 Å². The maximum atomic E-state index is 12.7. The highest BCUT2D eigenvalue weighted by Crippen LogP contribution is 2.31. The van der Waals surface area contributed by atoms with Crippen molar-refractivity contribution in [2.75, 3.05) is 13.6 Å². The van der Waals surface area contributed by atoms with E-state index >= 15 is 0 Å². The summed E-state index contributed by atoms with van der Waals surface area (Å²) in [5.74, 6) is 0.176. The summed E-state index contributed by atoms with van der Waals surface area (Å²) in [5.41, 5.74) is 5.96. The third kappa shape index (κ3) is 2.55. The minimum atomic E-state index is 0.176. The van der Waals surface area contributed by atoms with Crippen LogP contribution in [-0.2, 0) is 19.5 Å².